The standard InChI is InChI=1S/C12H14N2O4/c1-8-2-5-10(11(6-8)14(17)18)13(7-12(15)16)9-3-4-9/h2,5-6,9H,3-4,7H2,1H3,(H,15,16). The number of carbonyl (C=O) groups is 1. The molecule has 6 nitrogen and oxygen atoms in total. The SMILES string of the molecule is Cc1ccc(N(CC(=O)O)C2CC2)c([N+](=O)[O-])c1. The molecule has 1 aliphatic carbocycles. The topological polar surface area (TPSA) is 83.7 Å². The van der Waals surface area contributed by atoms with E-state index in [-0.39, 0.29) is 18.3 Å². The molecule has 18 heavy (non-hydrogen) atoms. The summed E-state index contributed by atoms with van der Waals surface area (Å²) >= 11 is 0. The molecule has 1 N–H and O–H groups in total. The van der Waals surface area contributed by atoms with Gasteiger partial charge < -0.3 is 10.0 Å². The molecule has 0 atom stereocenters. The van der Waals surface area contributed by atoms with Crippen LogP contribution in [0.2, 0.25) is 0 Å². The van der Waals surface area contributed by atoms with Crippen molar-refractivity contribution in [1.29, 1.82) is 0 Å². The molecular formula is C12H14N2O4. The van der Waals surface area contributed by atoms with Crippen molar-refractivity contribution in [2.45, 2.75) is 25.8 Å². The Kier molecular flexibility index (Phi) is 3.18. The molecule has 1 aromatic carbocycles. The zero-order valence-electron chi connectivity index (χ0n) is 10.00. The van der Waals surface area contributed by atoms with Gasteiger partial charge in [-0.05, 0) is 31.4 Å². The van der Waals surface area contributed by atoms with Crippen molar-refractivity contribution >= 4 is 17.3 Å². The molecule has 2 rings (SSSR count). The Morgan fingerprint density at radius 3 is 2.72 bits per heavy atom. The number of hydrogen-bond donors (Lipinski definition) is 1. The predicted molar refractivity (Wildman–Crippen MR) is 65.8 cm³/mol. The molecule has 1 saturated carbocycles. The summed E-state index contributed by atoms with van der Waals surface area (Å²) in [5.74, 6) is -0.975. The van der Waals surface area contributed by atoms with Gasteiger partial charge >= 0.3 is 5.97 Å². The van der Waals surface area contributed by atoms with E-state index < -0.39 is 10.9 Å². The van der Waals surface area contributed by atoms with Crippen LogP contribution in [-0.2, 0) is 4.79 Å². The van der Waals surface area contributed by atoms with Crippen molar-refractivity contribution in [3.8, 4) is 0 Å². The van der Waals surface area contributed by atoms with Crippen molar-refractivity contribution in [1.82, 2.24) is 0 Å². The number of nitrogens with zero attached hydrogens (tertiary/aromatic N) is 2. The highest BCUT2D eigenvalue weighted by Crippen LogP contribution is 2.37. The van der Waals surface area contributed by atoms with Crippen molar-refractivity contribution in [2.75, 3.05) is 11.4 Å². The van der Waals surface area contributed by atoms with Crippen molar-refractivity contribution in [3.05, 3.63) is 33.9 Å². The van der Waals surface area contributed by atoms with Gasteiger partial charge in [0.05, 0.1) is 4.92 Å². The van der Waals surface area contributed by atoms with E-state index in [4.69, 9.17) is 5.11 Å². The second-order valence-corrected chi connectivity index (χ2v) is 4.50. The highest BCUT2D eigenvalue weighted by molar-refractivity contribution is 5.77. The fourth-order valence-corrected chi connectivity index (χ4v) is 1.97. The lowest BCUT2D eigenvalue weighted by Gasteiger charge is -2.22. The highest BCUT2D eigenvalue weighted by atomic mass is 16.6. The molecule has 0 radical (unpaired) electrons. The van der Waals surface area contributed by atoms with E-state index >= 15 is 0 Å². The number of nitro benzene ring substituents is 1. The fourth-order valence-electron chi connectivity index (χ4n) is 1.97. The Balaban J connectivity index is 2.40. The van der Waals surface area contributed by atoms with E-state index in [2.05, 4.69) is 0 Å². The maximum Gasteiger partial charge on any atom is 0.323 e. The van der Waals surface area contributed by atoms with Crippen LogP contribution in [0.25, 0.3) is 0 Å². The number of anilines is 1. The van der Waals surface area contributed by atoms with E-state index in [1.54, 1.807) is 24.0 Å². The van der Waals surface area contributed by atoms with Crippen molar-refractivity contribution in [3.63, 3.8) is 0 Å². The van der Waals surface area contributed by atoms with Gasteiger partial charge in [-0.25, -0.2) is 0 Å². The molecule has 0 heterocycles. The second-order valence-electron chi connectivity index (χ2n) is 4.50. The minimum absolute atomic E-state index is 0.0249. The van der Waals surface area contributed by atoms with Gasteiger partial charge in [0.25, 0.3) is 5.69 Å². The number of rotatable bonds is 5. The second kappa shape index (κ2) is 4.64. The molecule has 1 aromatic rings. The average molecular weight is 250 g/mol. The van der Waals surface area contributed by atoms with Crippen LogP contribution in [0.3, 0.4) is 0 Å². The smallest absolute Gasteiger partial charge is 0.323 e. The van der Waals surface area contributed by atoms with Gasteiger partial charge in [-0.2, -0.15) is 0 Å². The van der Waals surface area contributed by atoms with Crippen LogP contribution < -0.4 is 4.90 Å². The number of carboxylic acid groups (broad SMARTS) is 1. The minimum atomic E-state index is -0.975. The molecule has 0 bridgehead atoms. The van der Waals surface area contributed by atoms with E-state index in [0.717, 1.165) is 18.4 Å². The highest BCUT2D eigenvalue weighted by Gasteiger charge is 2.34. The third-order valence-corrected chi connectivity index (χ3v) is 2.93. The predicted octanol–water partition coefficient (Wildman–Crippen LogP) is 1.96. The summed E-state index contributed by atoms with van der Waals surface area (Å²) in [4.78, 5) is 23.0. The van der Waals surface area contributed by atoms with E-state index in [1.807, 2.05) is 0 Å². The van der Waals surface area contributed by atoms with Crippen LogP contribution in [-0.4, -0.2) is 28.6 Å². The van der Waals surface area contributed by atoms with Crippen LogP contribution in [0, 0.1) is 17.0 Å². The monoisotopic (exact) mass is 250 g/mol. The molecule has 6 heteroatoms. The Morgan fingerprint density at radius 1 is 1.56 bits per heavy atom. The van der Waals surface area contributed by atoms with Crippen LogP contribution in [0.5, 0.6) is 0 Å². The lowest BCUT2D eigenvalue weighted by atomic mass is 10.1. The van der Waals surface area contributed by atoms with Gasteiger partial charge in [-0.15, -0.1) is 0 Å². The summed E-state index contributed by atoms with van der Waals surface area (Å²) < 4.78 is 0. The Labute approximate surface area is 104 Å². The summed E-state index contributed by atoms with van der Waals surface area (Å²) in [5, 5.41) is 19.9. The first-order valence-corrected chi connectivity index (χ1v) is 5.72. The van der Waals surface area contributed by atoms with Crippen LogP contribution in [0.1, 0.15) is 18.4 Å². The minimum Gasteiger partial charge on any atom is -0.480 e. The Hall–Kier alpha value is -2.11. The fraction of sp³-hybridized carbons (Fsp3) is 0.417. The quantitative estimate of drug-likeness (QED) is 0.637. The molecule has 0 unspecified atom stereocenters. The third-order valence-electron chi connectivity index (χ3n) is 2.93. The van der Waals surface area contributed by atoms with Gasteiger partial charge in [0.1, 0.15) is 12.2 Å². The van der Waals surface area contributed by atoms with Gasteiger partial charge in [0, 0.05) is 12.1 Å². The number of carboxylic acids is 1. The maximum atomic E-state index is 11.0. The first-order valence-electron chi connectivity index (χ1n) is 5.72. The van der Waals surface area contributed by atoms with Crippen LogP contribution in [0.4, 0.5) is 11.4 Å². The lowest BCUT2D eigenvalue weighted by molar-refractivity contribution is -0.384. The van der Waals surface area contributed by atoms with E-state index in [9.17, 15) is 14.9 Å². The Morgan fingerprint density at radius 2 is 2.22 bits per heavy atom. The molecule has 96 valence electrons. The zero-order valence-corrected chi connectivity index (χ0v) is 10.00. The van der Waals surface area contributed by atoms with Gasteiger partial charge in [0.2, 0.25) is 0 Å². The molecule has 0 aromatic heterocycles. The Bertz CT molecular complexity index is 497. The van der Waals surface area contributed by atoms with E-state index in [1.165, 1.54) is 6.07 Å². The van der Waals surface area contributed by atoms with Crippen LogP contribution in [0.15, 0.2) is 18.2 Å². The molecule has 0 saturated heterocycles. The zero-order chi connectivity index (χ0) is 13.3. The maximum absolute atomic E-state index is 11.0. The largest absolute Gasteiger partial charge is 0.480 e. The number of nitro groups is 1. The summed E-state index contributed by atoms with van der Waals surface area (Å²) in [5.41, 5.74) is 1.16. The molecule has 0 spiro atoms. The molecular weight excluding hydrogens is 236 g/mol. The summed E-state index contributed by atoms with van der Waals surface area (Å²) in [6, 6.07) is 4.99. The molecule has 1 fully saturated rings. The van der Waals surface area contributed by atoms with Gasteiger partial charge in [-0.3, -0.25) is 14.9 Å². The number of hydrogen-bond acceptors (Lipinski definition) is 4. The summed E-state index contributed by atoms with van der Waals surface area (Å²) in [6.45, 7) is 1.57. The number of aliphatic carboxylic acids is 1. The normalized spacial score (nSPS) is 14.3. The first kappa shape index (κ1) is 12.3. The number of benzene rings is 1. The third kappa shape index (κ3) is 2.58. The van der Waals surface area contributed by atoms with E-state index in [0.29, 0.717) is 5.69 Å². The van der Waals surface area contributed by atoms with Gasteiger partial charge in [-0.1, -0.05) is 6.07 Å². The average Bonchev–Trinajstić information content (AvgIpc) is 3.09. The molecule has 1 aliphatic rings. The van der Waals surface area contributed by atoms with Crippen LogP contribution >= 0.6 is 0 Å². The lowest BCUT2D eigenvalue weighted by Crippen LogP contribution is -2.32. The summed E-state index contributed by atoms with van der Waals surface area (Å²) in [6.07, 6.45) is 1.77. The van der Waals surface area contributed by atoms with Crippen molar-refractivity contribution in [2.24, 2.45) is 0 Å². The summed E-state index contributed by atoms with van der Waals surface area (Å²) in [7, 11) is 0. The molecule has 0 aliphatic heterocycles. The number of aryl methyl sites for hydroxylation is 1. The molecule has 0 amide bonds. The first-order chi connectivity index (χ1) is 8.49. The van der Waals surface area contributed by atoms with Gasteiger partial charge in [0.15, 0.2) is 0 Å². The van der Waals surface area contributed by atoms with Crippen molar-refractivity contribution < 1.29 is 14.8 Å².